The maximum absolute atomic E-state index is 14.1. The third kappa shape index (κ3) is 2.96. The van der Waals surface area contributed by atoms with Crippen LogP contribution in [0.25, 0.3) is 10.2 Å². The number of hydrogen-bond donors (Lipinski definition) is 0. The van der Waals surface area contributed by atoms with Gasteiger partial charge in [-0.15, -0.1) is 23.1 Å². The van der Waals surface area contributed by atoms with E-state index in [0.29, 0.717) is 22.3 Å². The van der Waals surface area contributed by atoms with Crippen molar-refractivity contribution in [3.8, 4) is 0 Å². The van der Waals surface area contributed by atoms with E-state index in [4.69, 9.17) is 0 Å². The summed E-state index contributed by atoms with van der Waals surface area (Å²) in [4.78, 5) is 31.0. The zero-order valence-electron chi connectivity index (χ0n) is 13.1. The summed E-state index contributed by atoms with van der Waals surface area (Å²) in [7, 11) is 0. The van der Waals surface area contributed by atoms with E-state index in [2.05, 4.69) is 4.98 Å². The number of carbonyl (C=O) groups is 1. The van der Waals surface area contributed by atoms with Crippen molar-refractivity contribution in [2.24, 2.45) is 0 Å². The van der Waals surface area contributed by atoms with Gasteiger partial charge >= 0.3 is 0 Å². The molecular weight excluding hydrogens is 361 g/mol. The molecule has 8 heteroatoms. The van der Waals surface area contributed by atoms with Gasteiger partial charge in [0.1, 0.15) is 22.4 Å². The van der Waals surface area contributed by atoms with E-state index < -0.39 is 0 Å². The van der Waals surface area contributed by atoms with E-state index in [1.54, 1.807) is 34.5 Å². The number of nitrogens with zero attached hydrogens (tertiary/aromatic N) is 3. The fourth-order valence-corrected chi connectivity index (χ4v) is 4.98. The number of benzene rings is 1. The highest BCUT2D eigenvalue weighted by atomic mass is 32.2. The van der Waals surface area contributed by atoms with Gasteiger partial charge in [0.05, 0.1) is 11.8 Å². The Morgan fingerprint density at radius 2 is 2.16 bits per heavy atom. The Balaban J connectivity index is 1.60. The Labute approximate surface area is 151 Å². The number of amides is 1. The first-order valence-electron chi connectivity index (χ1n) is 7.73. The van der Waals surface area contributed by atoms with Gasteiger partial charge in [0.15, 0.2) is 0 Å². The number of fused-ring (bicyclic) bond motifs is 1. The van der Waals surface area contributed by atoms with Crippen LogP contribution in [-0.2, 0) is 11.3 Å². The van der Waals surface area contributed by atoms with Gasteiger partial charge in [-0.05, 0) is 17.5 Å². The summed E-state index contributed by atoms with van der Waals surface area (Å²) in [6.45, 7) is 0.442. The Bertz CT molecular complexity index is 1000. The molecule has 0 unspecified atom stereocenters. The van der Waals surface area contributed by atoms with Gasteiger partial charge in [0, 0.05) is 17.9 Å². The normalized spacial score (nSPS) is 17.3. The van der Waals surface area contributed by atoms with Gasteiger partial charge in [0.25, 0.3) is 5.56 Å². The lowest BCUT2D eigenvalue weighted by molar-refractivity contribution is -0.132. The topological polar surface area (TPSA) is 55.2 Å². The van der Waals surface area contributed by atoms with Gasteiger partial charge in [-0.2, -0.15) is 0 Å². The summed E-state index contributed by atoms with van der Waals surface area (Å²) < 4.78 is 16.0. The predicted octanol–water partition coefficient (Wildman–Crippen LogP) is 2.87. The number of carbonyl (C=O) groups excluding carboxylic acids is 1. The van der Waals surface area contributed by atoms with Crippen LogP contribution in [0, 0.1) is 5.82 Å². The summed E-state index contributed by atoms with van der Waals surface area (Å²) in [6, 6.07) is 8.27. The SMILES string of the molecule is O=C(Cn1cnc2ccsc2c1=O)N1CCS[C@@H]1c1ccccc1F. The molecule has 0 saturated carbocycles. The minimum absolute atomic E-state index is 0.0921. The van der Waals surface area contributed by atoms with Crippen molar-refractivity contribution >= 4 is 39.2 Å². The maximum Gasteiger partial charge on any atom is 0.271 e. The van der Waals surface area contributed by atoms with Gasteiger partial charge in [-0.1, -0.05) is 18.2 Å². The summed E-state index contributed by atoms with van der Waals surface area (Å²) in [6.07, 6.45) is 1.40. The number of thioether (sulfide) groups is 1. The van der Waals surface area contributed by atoms with Gasteiger partial charge in [0.2, 0.25) is 5.91 Å². The molecule has 25 heavy (non-hydrogen) atoms. The molecule has 3 aromatic rings. The number of hydrogen-bond acceptors (Lipinski definition) is 5. The summed E-state index contributed by atoms with van der Waals surface area (Å²) in [5, 5.41) is 1.44. The highest BCUT2D eigenvalue weighted by Gasteiger charge is 2.32. The second kappa shape index (κ2) is 6.61. The van der Waals surface area contributed by atoms with E-state index in [1.165, 1.54) is 40.1 Å². The Morgan fingerprint density at radius 1 is 1.32 bits per heavy atom. The third-order valence-corrected chi connectivity index (χ3v) is 6.26. The molecule has 2 aromatic heterocycles. The van der Waals surface area contributed by atoms with Crippen LogP contribution in [0.2, 0.25) is 0 Å². The van der Waals surface area contributed by atoms with Crippen LogP contribution in [0.15, 0.2) is 46.8 Å². The molecule has 0 bridgehead atoms. The predicted molar refractivity (Wildman–Crippen MR) is 97.2 cm³/mol. The summed E-state index contributed by atoms with van der Waals surface area (Å²) in [5.74, 6) is 0.207. The van der Waals surface area contributed by atoms with Crippen molar-refractivity contribution in [3.63, 3.8) is 0 Å². The minimum atomic E-state index is -0.358. The Hall–Kier alpha value is -2.19. The van der Waals surface area contributed by atoms with Crippen LogP contribution in [0.3, 0.4) is 0 Å². The molecule has 0 spiro atoms. The van der Waals surface area contributed by atoms with Crippen LogP contribution in [0.4, 0.5) is 4.39 Å². The quantitative estimate of drug-likeness (QED) is 0.706. The van der Waals surface area contributed by atoms with E-state index in [1.807, 2.05) is 0 Å². The highest BCUT2D eigenvalue weighted by molar-refractivity contribution is 7.99. The zero-order chi connectivity index (χ0) is 17.4. The molecule has 128 valence electrons. The monoisotopic (exact) mass is 375 g/mol. The summed E-state index contributed by atoms with van der Waals surface area (Å²) in [5.41, 5.74) is 0.917. The second-order valence-electron chi connectivity index (χ2n) is 5.64. The number of aromatic nitrogens is 2. The van der Waals surface area contributed by atoms with E-state index in [-0.39, 0.29) is 29.2 Å². The van der Waals surface area contributed by atoms with Crippen molar-refractivity contribution in [3.05, 3.63) is 63.8 Å². The molecule has 1 amide bonds. The second-order valence-corrected chi connectivity index (χ2v) is 7.75. The maximum atomic E-state index is 14.1. The Morgan fingerprint density at radius 3 is 3.00 bits per heavy atom. The molecule has 0 N–H and O–H groups in total. The first kappa shape index (κ1) is 16.3. The van der Waals surface area contributed by atoms with Gasteiger partial charge in [-0.25, -0.2) is 9.37 Å². The van der Waals surface area contributed by atoms with Crippen LogP contribution in [0.5, 0.6) is 0 Å². The minimum Gasteiger partial charge on any atom is -0.324 e. The first-order valence-corrected chi connectivity index (χ1v) is 9.66. The largest absolute Gasteiger partial charge is 0.324 e. The molecular formula is C17H14FN3O2S2. The zero-order valence-corrected chi connectivity index (χ0v) is 14.7. The van der Waals surface area contributed by atoms with Crippen molar-refractivity contribution in [2.45, 2.75) is 11.9 Å². The molecule has 1 saturated heterocycles. The van der Waals surface area contributed by atoms with Crippen molar-refractivity contribution in [1.82, 2.24) is 14.5 Å². The lowest BCUT2D eigenvalue weighted by atomic mass is 10.2. The number of halogens is 1. The van der Waals surface area contributed by atoms with E-state index >= 15 is 0 Å². The number of rotatable bonds is 3. The lowest BCUT2D eigenvalue weighted by Crippen LogP contribution is -2.36. The Kier molecular flexibility index (Phi) is 4.30. The van der Waals surface area contributed by atoms with Gasteiger partial charge in [-0.3, -0.25) is 14.2 Å². The highest BCUT2D eigenvalue weighted by Crippen LogP contribution is 2.38. The van der Waals surface area contributed by atoms with Crippen LogP contribution < -0.4 is 5.56 Å². The average Bonchev–Trinajstić information content (AvgIpc) is 3.27. The molecule has 1 aromatic carbocycles. The van der Waals surface area contributed by atoms with Crippen molar-refractivity contribution in [2.75, 3.05) is 12.3 Å². The molecule has 4 rings (SSSR count). The van der Waals surface area contributed by atoms with Crippen LogP contribution in [0.1, 0.15) is 10.9 Å². The van der Waals surface area contributed by atoms with Crippen molar-refractivity contribution < 1.29 is 9.18 Å². The number of thiophene rings is 1. The van der Waals surface area contributed by atoms with Crippen molar-refractivity contribution in [1.29, 1.82) is 0 Å². The molecule has 5 nitrogen and oxygen atoms in total. The lowest BCUT2D eigenvalue weighted by Gasteiger charge is -2.24. The van der Waals surface area contributed by atoms with E-state index in [9.17, 15) is 14.0 Å². The fourth-order valence-electron chi connectivity index (χ4n) is 2.89. The summed E-state index contributed by atoms with van der Waals surface area (Å²) >= 11 is 2.84. The molecule has 1 atom stereocenters. The standard InChI is InChI=1S/C17H14FN3O2S2/c18-12-4-2-1-3-11(12)17-21(6-8-25-17)14(22)9-20-10-19-13-5-7-24-15(13)16(20)23/h1-5,7,10,17H,6,8-9H2/t17-/m1/s1. The molecule has 0 radical (unpaired) electrons. The van der Waals surface area contributed by atoms with E-state index in [0.717, 1.165) is 5.75 Å². The van der Waals surface area contributed by atoms with Crippen LogP contribution in [-0.4, -0.2) is 32.7 Å². The first-order chi connectivity index (χ1) is 12.1. The smallest absolute Gasteiger partial charge is 0.271 e. The average molecular weight is 375 g/mol. The molecule has 1 fully saturated rings. The molecule has 1 aliphatic heterocycles. The molecule has 1 aliphatic rings. The van der Waals surface area contributed by atoms with Gasteiger partial charge < -0.3 is 4.90 Å². The fraction of sp³-hybridized carbons (Fsp3) is 0.235. The molecule has 3 heterocycles. The third-order valence-electron chi connectivity index (χ3n) is 4.12. The van der Waals surface area contributed by atoms with Crippen LogP contribution >= 0.6 is 23.1 Å². The molecule has 0 aliphatic carbocycles.